The van der Waals surface area contributed by atoms with Crippen molar-refractivity contribution in [2.75, 3.05) is 12.1 Å². The number of halogens is 1. The van der Waals surface area contributed by atoms with Gasteiger partial charge in [-0.15, -0.1) is 0 Å². The maximum absolute atomic E-state index is 6.38. The molecule has 0 spiro atoms. The third-order valence-corrected chi connectivity index (χ3v) is 7.01. The van der Waals surface area contributed by atoms with Gasteiger partial charge < -0.3 is 4.74 Å². The molecule has 0 amide bonds. The number of anilines is 1. The highest BCUT2D eigenvalue weighted by Gasteiger charge is 2.33. The predicted octanol–water partition coefficient (Wildman–Crippen LogP) is 7.62. The van der Waals surface area contributed by atoms with E-state index < -0.39 is 0 Å². The molecule has 0 N–H and O–H groups in total. The minimum absolute atomic E-state index is 0.0355. The lowest BCUT2D eigenvalue weighted by Gasteiger charge is -2.24. The van der Waals surface area contributed by atoms with Gasteiger partial charge >= 0.3 is 0 Å². The highest BCUT2D eigenvalue weighted by atomic mass is 35.5. The predicted molar refractivity (Wildman–Crippen MR) is 151 cm³/mol. The number of ether oxygens (including phenoxy) is 1. The van der Waals surface area contributed by atoms with Crippen molar-refractivity contribution in [1.82, 2.24) is 9.97 Å². The van der Waals surface area contributed by atoms with Gasteiger partial charge in [0.15, 0.2) is 0 Å². The molecule has 0 saturated heterocycles. The van der Waals surface area contributed by atoms with Crippen LogP contribution < -0.4 is 9.75 Å². The Labute approximate surface area is 221 Å². The van der Waals surface area contributed by atoms with Gasteiger partial charge in [-0.05, 0) is 66.1 Å². The van der Waals surface area contributed by atoms with Crippen molar-refractivity contribution in [3.8, 4) is 17.0 Å². The Morgan fingerprint density at radius 3 is 2.35 bits per heavy atom. The molecular formula is C31H25ClN4O. The van der Waals surface area contributed by atoms with Crippen molar-refractivity contribution < 1.29 is 4.74 Å². The molecule has 0 radical (unpaired) electrons. The molecule has 4 aromatic carbocycles. The number of fused-ring (bicyclic) bond motifs is 1. The SMILES string of the molecule is COc1ccc(C2=NN(c3nc(-c4ccccc4)c4cc(Cl)ccc4n3)[C@@H](c3ccccc3C)C2)cc1. The second-order valence-corrected chi connectivity index (χ2v) is 9.53. The Balaban J connectivity index is 1.53. The van der Waals surface area contributed by atoms with Crippen molar-refractivity contribution >= 4 is 34.2 Å². The van der Waals surface area contributed by atoms with Crippen molar-refractivity contribution in [2.24, 2.45) is 5.10 Å². The molecule has 0 saturated carbocycles. The maximum atomic E-state index is 6.38. The van der Waals surface area contributed by atoms with Crippen molar-refractivity contribution in [3.05, 3.63) is 119 Å². The van der Waals surface area contributed by atoms with Crippen LogP contribution in [0.15, 0.2) is 102 Å². The summed E-state index contributed by atoms with van der Waals surface area (Å²) in [7, 11) is 1.67. The molecule has 1 aliphatic heterocycles. The quantitative estimate of drug-likeness (QED) is 0.247. The van der Waals surface area contributed by atoms with E-state index in [1.807, 2.05) is 53.5 Å². The molecule has 1 aliphatic rings. The minimum atomic E-state index is -0.0355. The molecule has 0 unspecified atom stereocenters. The Morgan fingerprint density at radius 2 is 1.59 bits per heavy atom. The average Bonchev–Trinajstić information content (AvgIpc) is 3.38. The van der Waals surface area contributed by atoms with Gasteiger partial charge in [0, 0.05) is 22.4 Å². The molecule has 0 bridgehead atoms. The van der Waals surface area contributed by atoms with Gasteiger partial charge in [-0.2, -0.15) is 5.10 Å². The minimum Gasteiger partial charge on any atom is -0.497 e. The lowest BCUT2D eigenvalue weighted by molar-refractivity contribution is 0.415. The summed E-state index contributed by atoms with van der Waals surface area (Å²) in [6, 6.07) is 32.3. The highest BCUT2D eigenvalue weighted by Crippen LogP contribution is 2.39. The summed E-state index contributed by atoms with van der Waals surface area (Å²) in [4.78, 5) is 10.1. The van der Waals surface area contributed by atoms with Gasteiger partial charge in [-0.3, -0.25) is 0 Å². The topological polar surface area (TPSA) is 50.6 Å². The summed E-state index contributed by atoms with van der Waals surface area (Å²) in [5.74, 6) is 1.38. The number of aromatic nitrogens is 2. The molecule has 1 atom stereocenters. The molecule has 6 heteroatoms. The van der Waals surface area contributed by atoms with Crippen LogP contribution in [0.4, 0.5) is 5.95 Å². The first-order chi connectivity index (χ1) is 18.1. The second kappa shape index (κ2) is 9.68. The Hall–Kier alpha value is -4.22. The molecule has 5 aromatic rings. The van der Waals surface area contributed by atoms with Crippen LogP contribution in [0.25, 0.3) is 22.2 Å². The van der Waals surface area contributed by atoms with Gasteiger partial charge in [0.05, 0.1) is 30.1 Å². The third kappa shape index (κ3) is 4.43. The van der Waals surface area contributed by atoms with Crippen molar-refractivity contribution in [1.29, 1.82) is 0 Å². The Kier molecular flexibility index (Phi) is 6.07. The van der Waals surface area contributed by atoms with E-state index in [2.05, 4.69) is 55.5 Å². The first-order valence-electron chi connectivity index (χ1n) is 12.2. The number of hydrogen-bond donors (Lipinski definition) is 0. The van der Waals surface area contributed by atoms with E-state index in [0.717, 1.165) is 45.6 Å². The van der Waals surface area contributed by atoms with E-state index in [9.17, 15) is 0 Å². The lowest BCUT2D eigenvalue weighted by Crippen LogP contribution is -2.22. The number of methoxy groups -OCH3 is 1. The number of benzene rings is 4. The molecule has 6 rings (SSSR count). The van der Waals surface area contributed by atoms with Crippen LogP contribution in [0.1, 0.15) is 29.2 Å². The summed E-state index contributed by atoms with van der Waals surface area (Å²) < 4.78 is 5.35. The van der Waals surface area contributed by atoms with Crippen LogP contribution in [0.5, 0.6) is 5.75 Å². The van der Waals surface area contributed by atoms with Crippen LogP contribution in [0, 0.1) is 6.92 Å². The number of nitrogens with zero attached hydrogens (tertiary/aromatic N) is 4. The second-order valence-electron chi connectivity index (χ2n) is 9.10. The summed E-state index contributed by atoms with van der Waals surface area (Å²) in [6.07, 6.45) is 0.736. The molecule has 0 fully saturated rings. The normalized spacial score (nSPS) is 15.2. The summed E-state index contributed by atoms with van der Waals surface area (Å²) in [5.41, 5.74) is 7.11. The molecule has 0 aliphatic carbocycles. The Bertz CT molecular complexity index is 1620. The maximum Gasteiger partial charge on any atom is 0.247 e. The van der Waals surface area contributed by atoms with Crippen LogP contribution >= 0.6 is 11.6 Å². The van der Waals surface area contributed by atoms with Crippen molar-refractivity contribution in [2.45, 2.75) is 19.4 Å². The van der Waals surface area contributed by atoms with E-state index in [4.69, 9.17) is 31.4 Å². The summed E-state index contributed by atoms with van der Waals surface area (Å²) >= 11 is 6.38. The Morgan fingerprint density at radius 1 is 0.838 bits per heavy atom. The van der Waals surface area contributed by atoms with E-state index in [1.54, 1.807) is 7.11 Å². The van der Waals surface area contributed by atoms with E-state index in [1.165, 1.54) is 11.1 Å². The van der Waals surface area contributed by atoms with Gasteiger partial charge in [0.25, 0.3) is 0 Å². The molecule has 37 heavy (non-hydrogen) atoms. The summed E-state index contributed by atoms with van der Waals surface area (Å²) in [5, 5.41) is 8.64. The van der Waals surface area contributed by atoms with Crippen LogP contribution in [0.3, 0.4) is 0 Å². The average molecular weight is 505 g/mol. The molecule has 2 heterocycles. The van der Waals surface area contributed by atoms with Crippen LogP contribution in [0.2, 0.25) is 5.02 Å². The largest absolute Gasteiger partial charge is 0.497 e. The lowest BCUT2D eigenvalue weighted by atomic mass is 9.95. The fourth-order valence-electron chi connectivity index (χ4n) is 4.86. The molecule has 1 aromatic heterocycles. The first-order valence-corrected chi connectivity index (χ1v) is 12.6. The molecular weight excluding hydrogens is 480 g/mol. The van der Waals surface area contributed by atoms with Gasteiger partial charge in [-0.1, -0.05) is 66.2 Å². The van der Waals surface area contributed by atoms with E-state index in [0.29, 0.717) is 11.0 Å². The fourth-order valence-corrected chi connectivity index (χ4v) is 5.03. The van der Waals surface area contributed by atoms with Crippen molar-refractivity contribution in [3.63, 3.8) is 0 Å². The third-order valence-electron chi connectivity index (χ3n) is 6.78. The molecule has 5 nitrogen and oxygen atoms in total. The fraction of sp³-hybridized carbons (Fsp3) is 0.129. The smallest absolute Gasteiger partial charge is 0.247 e. The highest BCUT2D eigenvalue weighted by molar-refractivity contribution is 6.31. The van der Waals surface area contributed by atoms with Gasteiger partial charge in [0.1, 0.15) is 5.75 Å². The molecule has 182 valence electrons. The zero-order chi connectivity index (χ0) is 25.4. The number of aryl methyl sites for hydroxylation is 1. The van der Waals surface area contributed by atoms with E-state index in [-0.39, 0.29) is 6.04 Å². The van der Waals surface area contributed by atoms with Gasteiger partial charge in [0.2, 0.25) is 5.95 Å². The number of hydrazone groups is 1. The van der Waals surface area contributed by atoms with Crippen LogP contribution in [-0.4, -0.2) is 22.8 Å². The zero-order valence-corrected chi connectivity index (χ0v) is 21.4. The number of hydrogen-bond acceptors (Lipinski definition) is 5. The monoisotopic (exact) mass is 504 g/mol. The summed E-state index contributed by atoms with van der Waals surface area (Å²) in [6.45, 7) is 2.14. The standard InChI is InChI=1S/C31H25ClN4O/c1-20-8-6-7-11-25(20)29-19-28(21-12-15-24(37-2)16-13-21)35-36(29)31-33-27-17-14-23(32)18-26(27)30(34-31)22-9-4-3-5-10-22/h3-18,29H,19H2,1-2H3/t29-/m1/s1. The van der Waals surface area contributed by atoms with E-state index >= 15 is 0 Å². The van der Waals surface area contributed by atoms with Gasteiger partial charge in [-0.25, -0.2) is 15.0 Å². The zero-order valence-electron chi connectivity index (χ0n) is 20.6. The number of rotatable bonds is 5. The van der Waals surface area contributed by atoms with Crippen LogP contribution in [-0.2, 0) is 0 Å². The first kappa shape index (κ1) is 23.2.